The summed E-state index contributed by atoms with van der Waals surface area (Å²) in [5.74, 6) is -4.80. The van der Waals surface area contributed by atoms with Crippen molar-refractivity contribution in [1.82, 2.24) is 21.3 Å². The highest BCUT2D eigenvalue weighted by atomic mass is 32.2. The van der Waals surface area contributed by atoms with E-state index >= 15 is 0 Å². The van der Waals surface area contributed by atoms with Crippen molar-refractivity contribution >= 4 is 50.5 Å². The summed E-state index contributed by atoms with van der Waals surface area (Å²) in [5, 5.41) is 21.5. The summed E-state index contributed by atoms with van der Waals surface area (Å²) in [4.78, 5) is 65.3. The number of benzene rings is 4. The molecule has 4 aromatic carbocycles. The Morgan fingerprint density at radius 3 is 1.71 bits per heavy atom. The van der Waals surface area contributed by atoms with E-state index in [0.717, 1.165) is 21.9 Å². The Labute approximate surface area is 295 Å². The second-order valence-corrected chi connectivity index (χ2v) is 13.6. The van der Waals surface area contributed by atoms with Crippen LogP contribution in [0.25, 0.3) is 10.8 Å². The molecule has 14 heteroatoms. The van der Waals surface area contributed by atoms with Gasteiger partial charge in [-0.15, -0.1) is 0 Å². The molecule has 0 aliphatic carbocycles. The molecule has 3 atom stereocenters. The summed E-state index contributed by atoms with van der Waals surface area (Å²) in [6.45, 7) is -0.485. The fourth-order valence-corrected chi connectivity index (χ4v) is 5.77. The third kappa shape index (κ3) is 13.0. The first kappa shape index (κ1) is 38.2. The molecule has 4 amide bonds. The molecule has 13 nitrogen and oxygen atoms in total. The van der Waals surface area contributed by atoms with Gasteiger partial charge < -0.3 is 26.4 Å². The summed E-state index contributed by atoms with van der Waals surface area (Å²) < 4.78 is 31.2. The van der Waals surface area contributed by atoms with Gasteiger partial charge in [-0.05, 0) is 33.9 Å². The van der Waals surface area contributed by atoms with Gasteiger partial charge in [-0.2, -0.15) is 8.42 Å². The fraction of sp³-hybridized carbons (Fsp3) is 0.270. The van der Waals surface area contributed by atoms with Gasteiger partial charge in [0.25, 0.3) is 10.1 Å². The Hall–Kier alpha value is -5.60. The first-order valence-electron chi connectivity index (χ1n) is 16.3. The molecule has 268 valence electrons. The summed E-state index contributed by atoms with van der Waals surface area (Å²) in [6.07, 6.45) is -0.763. The predicted octanol–water partition coefficient (Wildman–Crippen LogP) is 2.19. The van der Waals surface area contributed by atoms with Crippen molar-refractivity contribution in [3.8, 4) is 0 Å². The summed E-state index contributed by atoms with van der Waals surface area (Å²) in [6, 6.07) is 27.4. The van der Waals surface area contributed by atoms with Crippen LogP contribution in [0.3, 0.4) is 0 Å². The first-order valence-corrected chi connectivity index (χ1v) is 17.9. The maximum Gasteiger partial charge on any atom is 0.303 e. The highest BCUT2D eigenvalue weighted by Crippen LogP contribution is 2.16. The van der Waals surface area contributed by atoms with Gasteiger partial charge in [0.15, 0.2) is 0 Å². The van der Waals surface area contributed by atoms with Crippen LogP contribution < -0.4 is 21.3 Å². The lowest BCUT2D eigenvalue weighted by Crippen LogP contribution is -2.58. The van der Waals surface area contributed by atoms with E-state index in [2.05, 4.69) is 21.3 Å². The monoisotopic (exact) mass is 716 g/mol. The van der Waals surface area contributed by atoms with Crippen molar-refractivity contribution < 1.29 is 42.0 Å². The lowest BCUT2D eigenvalue weighted by atomic mass is 10.0. The SMILES string of the molecule is O=C(O)CC[C@H](NC(=O)[C@H](Cc1ccccc1)NC(=O)[C@H](Cc1ccccc1)NC(=O)Cc1ccc2ccccc2c1)C(=O)NCCS(=O)(=O)O. The smallest absolute Gasteiger partial charge is 0.303 e. The van der Waals surface area contributed by atoms with E-state index in [1.54, 1.807) is 54.6 Å². The summed E-state index contributed by atoms with van der Waals surface area (Å²) >= 11 is 0. The number of rotatable bonds is 18. The Bertz CT molecular complexity index is 1940. The molecule has 0 aliphatic heterocycles. The van der Waals surface area contributed by atoms with E-state index in [-0.39, 0.29) is 25.7 Å². The van der Waals surface area contributed by atoms with Crippen LogP contribution in [-0.4, -0.2) is 78.1 Å². The molecule has 0 fully saturated rings. The van der Waals surface area contributed by atoms with Crippen LogP contribution in [0.5, 0.6) is 0 Å². The van der Waals surface area contributed by atoms with Crippen molar-refractivity contribution in [1.29, 1.82) is 0 Å². The van der Waals surface area contributed by atoms with E-state index in [1.807, 2.05) is 48.5 Å². The molecule has 0 saturated carbocycles. The molecular weight excluding hydrogens is 676 g/mol. The normalized spacial score (nSPS) is 13.0. The van der Waals surface area contributed by atoms with Gasteiger partial charge >= 0.3 is 5.97 Å². The van der Waals surface area contributed by atoms with E-state index in [0.29, 0.717) is 5.56 Å². The Morgan fingerprint density at radius 2 is 1.14 bits per heavy atom. The van der Waals surface area contributed by atoms with Gasteiger partial charge in [-0.25, -0.2) is 0 Å². The Kier molecular flexibility index (Phi) is 13.8. The Balaban J connectivity index is 1.54. The van der Waals surface area contributed by atoms with Gasteiger partial charge in [0, 0.05) is 25.8 Å². The molecule has 0 bridgehead atoms. The molecule has 4 aromatic rings. The van der Waals surface area contributed by atoms with Gasteiger partial charge in [0.2, 0.25) is 23.6 Å². The van der Waals surface area contributed by atoms with Crippen molar-refractivity contribution in [2.75, 3.05) is 12.3 Å². The Morgan fingerprint density at radius 1 is 0.608 bits per heavy atom. The molecular formula is C37H40N4O9S. The molecule has 51 heavy (non-hydrogen) atoms. The van der Waals surface area contributed by atoms with Crippen LogP contribution in [0, 0.1) is 0 Å². The number of carbonyl (C=O) groups is 5. The lowest BCUT2D eigenvalue weighted by Gasteiger charge is -2.25. The van der Waals surface area contributed by atoms with Crippen LogP contribution >= 0.6 is 0 Å². The number of fused-ring (bicyclic) bond motifs is 1. The molecule has 4 rings (SSSR count). The molecule has 0 saturated heterocycles. The van der Waals surface area contributed by atoms with Crippen LogP contribution in [0.1, 0.15) is 29.5 Å². The maximum absolute atomic E-state index is 13.9. The quantitative estimate of drug-likeness (QED) is 0.0834. The fourth-order valence-electron chi connectivity index (χ4n) is 5.41. The minimum absolute atomic E-state index is 0.00468. The molecule has 0 aromatic heterocycles. The van der Waals surface area contributed by atoms with E-state index in [9.17, 15) is 37.5 Å². The van der Waals surface area contributed by atoms with Crippen LogP contribution in [0.4, 0.5) is 0 Å². The predicted molar refractivity (Wildman–Crippen MR) is 190 cm³/mol. The number of carboxylic acids is 1. The molecule has 0 unspecified atom stereocenters. The van der Waals surface area contributed by atoms with Crippen molar-refractivity contribution in [3.05, 3.63) is 120 Å². The molecule has 0 aliphatic rings. The average Bonchev–Trinajstić information content (AvgIpc) is 3.09. The third-order valence-corrected chi connectivity index (χ3v) is 8.69. The zero-order valence-corrected chi connectivity index (χ0v) is 28.5. The number of nitrogens with one attached hydrogen (secondary N) is 4. The average molecular weight is 717 g/mol. The largest absolute Gasteiger partial charge is 0.481 e. The second kappa shape index (κ2) is 18.4. The van der Waals surface area contributed by atoms with Crippen LogP contribution in [-0.2, 0) is 53.4 Å². The summed E-state index contributed by atoms with van der Waals surface area (Å²) in [5.41, 5.74) is 2.16. The van der Waals surface area contributed by atoms with Crippen molar-refractivity contribution in [3.63, 3.8) is 0 Å². The number of carbonyl (C=O) groups excluding carboxylic acids is 4. The number of amides is 4. The van der Waals surface area contributed by atoms with E-state index in [4.69, 9.17) is 4.55 Å². The molecule has 0 heterocycles. The highest BCUT2D eigenvalue weighted by molar-refractivity contribution is 7.85. The number of hydrogen-bond donors (Lipinski definition) is 6. The van der Waals surface area contributed by atoms with Gasteiger partial charge in [0.05, 0.1) is 12.2 Å². The standard InChI is InChI=1S/C37H40N4O9S/c42-33(24-27-15-16-28-13-7-8-14-29(28)21-27)39-31(22-25-9-3-1-4-10-25)36(46)41-32(23-26-11-5-2-6-12-26)37(47)40-30(17-18-34(43)44)35(45)38-19-20-51(48,49)50/h1-16,21,30-32H,17-20,22-24H2,(H,38,45)(H,39,42)(H,40,47)(H,41,46)(H,43,44)(H,48,49,50)/t30-,31-,32-/m0/s1. The zero-order valence-electron chi connectivity index (χ0n) is 27.7. The summed E-state index contributed by atoms with van der Waals surface area (Å²) in [7, 11) is -4.40. The minimum Gasteiger partial charge on any atom is -0.481 e. The second-order valence-electron chi connectivity index (χ2n) is 12.0. The number of carboxylic acid groups (broad SMARTS) is 1. The topological polar surface area (TPSA) is 208 Å². The number of hydrogen-bond acceptors (Lipinski definition) is 7. The van der Waals surface area contributed by atoms with Gasteiger partial charge in [0.1, 0.15) is 18.1 Å². The molecule has 6 N–H and O–H groups in total. The van der Waals surface area contributed by atoms with Crippen LogP contribution in [0.15, 0.2) is 103 Å². The van der Waals surface area contributed by atoms with Gasteiger partial charge in [-0.1, -0.05) is 103 Å². The van der Waals surface area contributed by atoms with E-state index in [1.165, 1.54) is 0 Å². The first-order chi connectivity index (χ1) is 24.4. The maximum atomic E-state index is 13.9. The van der Waals surface area contributed by atoms with Crippen LogP contribution in [0.2, 0.25) is 0 Å². The molecule has 0 spiro atoms. The van der Waals surface area contributed by atoms with Crippen molar-refractivity contribution in [2.45, 2.75) is 50.2 Å². The van der Waals surface area contributed by atoms with Gasteiger partial charge in [-0.3, -0.25) is 28.5 Å². The molecule has 0 radical (unpaired) electrons. The zero-order chi connectivity index (χ0) is 36.8. The van der Waals surface area contributed by atoms with Crippen molar-refractivity contribution in [2.24, 2.45) is 0 Å². The lowest BCUT2D eigenvalue weighted by molar-refractivity contribution is -0.138. The number of aliphatic carboxylic acids is 1. The van der Waals surface area contributed by atoms with E-state index < -0.39 is 76.6 Å². The minimum atomic E-state index is -4.40. The third-order valence-electron chi connectivity index (χ3n) is 7.97. The highest BCUT2D eigenvalue weighted by Gasteiger charge is 2.30.